The first-order chi connectivity index (χ1) is 4.70. The lowest BCUT2D eigenvalue weighted by Crippen LogP contribution is -2.32. The van der Waals surface area contributed by atoms with E-state index in [9.17, 15) is 4.79 Å². The lowest BCUT2D eigenvalue weighted by molar-refractivity contribution is -0.160. The van der Waals surface area contributed by atoms with Gasteiger partial charge in [0.25, 0.3) is 0 Å². The summed E-state index contributed by atoms with van der Waals surface area (Å²) < 4.78 is 4.86. The number of carbonyl (C=O) groups excluding carboxylic acids is 1. The van der Waals surface area contributed by atoms with Crippen LogP contribution in [0.4, 0.5) is 0 Å². The van der Waals surface area contributed by atoms with Crippen LogP contribution in [0.1, 0.15) is 26.2 Å². The van der Waals surface area contributed by atoms with Crippen LogP contribution in [-0.4, -0.2) is 23.3 Å². The number of carbonyl (C=O) groups is 1. The van der Waals surface area contributed by atoms with Crippen molar-refractivity contribution in [3.8, 4) is 0 Å². The third kappa shape index (κ3) is 1.70. The van der Waals surface area contributed by atoms with Crippen LogP contribution in [0.25, 0.3) is 0 Å². The Hall–Kier alpha value is -0.570. The van der Waals surface area contributed by atoms with Gasteiger partial charge in [0.05, 0.1) is 6.10 Å². The standard InChI is InChI=1S/C7H12O3/c1-5(8)6-3-2-4-7(9)10-6/h5-6,8H,2-4H2,1H3/t5-,6-/m0/s1. The molecular weight excluding hydrogens is 132 g/mol. The number of cyclic esters (lactones) is 1. The molecule has 58 valence electrons. The van der Waals surface area contributed by atoms with Crippen LogP contribution in [0.2, 0.25) is 0 Å². The molecule has 2 atom stereocenters. The largest absolute Gasteiger partial charge is 0.460 e. The molecular formula is C7H12O3. The summed E-state index contributed by atoms with van der Waals surface area (Å²) in [6.45, 7) is 1.64. The van der Waals surface area contributed by atoms with Crippen molar-refractivity contribution in [1.82, 2.24) is 0 Å². The van der Waals surface area contributed by atoms with Crippen molar-refractivity contribution >= 4 is 5.97 Å². The Bertz CT molecular complexity index is 131. The summed E-state index contributed by atoms with van der Waals surface area (Å²) in [6, 6.07) is 0. The van der Waals surface area contributed by atoms with Crippen LogP contribution < -0.4 is 0 Å². The predicted molar refractivity (Wildman–Crippen MR) is 35.4 cm³/mol. The zero-order valence-corrected chi connectivity index (χ0v) is 6.04. The van der Waals surface area contributed by atoms with Crippen LogP contribution in [0.5, 0.6) is 0 Å². The molecule has 1 aliphatic heterocycles. The van der Waals surface area contributed by atoms with Crippen molar-refractivity contribution in [3.05, 3.63) is 0 Å². The van der Waals surface area contributed by atoms with E-state index in [4.69, 9.17) is 9.84 Å². The van der Waals surface area contributed by atoms with E-state index in [1.165, 1.54) is 0 Å². The van der Waals surface area contributed by atoms with E-state index in [0.717, 1.165) is 12.8 Å². The smallest absolute Gasteiger partial charge is 0.306 e. The molecule has 3 heteroatoms. The highest BCUT2D eigenvalue weighted by Crippen LogP contribution is 2.16. The number of aliphatic hydroxyl groups is 1. The van der Waals surface area contributed by atoms with Crippen molar-refractivity contribution in [2.24, 2.45) is 0 Å². The number of hydrogen-bond donors (Lipinski definition) is 1. The number of esters is 1. The van der Waals surface area contributed by atoms with Gasteiger partial charge in [-0.3, -0.25) is 4.79 Å². The maximum absolute atomic E-state index is 10.6. The molecule has 1 aliphatic rings. The summed E-state index contributed by atoms with van der Waals surface area (Å²) in [5, 5.41) is 9.02. The minimum absolute atomic E-state index is 0.183. The Labute approximate surface area is 60.0 Å². The zero-order valence-electron chi connectivity index (χ0n) is 6.04. The van der Waals surface area contributed by atoms with E-state index >= 15 is 0 Å². The highest BCUT2D eigenvalue weighted by molar-refractivity contribution is 5.70. The average Bonchev–Trinajstić information content (AvgIpc) is 1.88. The molecule has 0 spiro atoms. The topological polar surface area (TPSA) is 46.5 Å². The van der Waals surface area contributed by atoms with E-state index in [2.05, 4.69) is 0 Å². The van der Waals surface area contributed by atoms with Crippen LogP contribution in [-0.2, 0) is 9.53 Å². The highest BCUT2D eigenvalue weighted by atomic mass is 16.6. The van der Waals surface area contributed by atoms with Gasteiger partial charge in [0, 0.05) is 6.42 Å². The molecule has 0 aromatic rings. The van der Waals surface area contributed by atoms with Gasteiger partial charge in [-0.25, -0.2) is 0 Å². The van der Waals surface area contributed by atoms with Gasteiger partial charge in [-0.1, -0.05) is 0 Å². The molecule has 1 saturated heterocycles. The summed E-state index contributed by atoms with van der Waals surface area (Å²) in [6.07, 6.45) is 1.35. The molecule has 0 aromatic carbocycles. The second kappa shape index (κ2) is 3.01. The number of rotatable bonds is 1. The lowest BCUT2D eigenvalue weighted by Gasteiger charge is -2.24. The SMILES string of the molecule is C[C@H](O)[C@@H]1CCCC(=O)O1. The Kier molecular flexibility index (Phi) is 2.27. The minimum Gasteiger partial charge on any atom is -0.460 e. The molecule has 0 bridgehead atoms. The third-order valence-electron chi connectivity index (χ3n) is 1.69. The number of hydrogen-bond acceptors (Lipinski definition) is 3. The molecule has 3 nitrogen and oxygen atoms in total. The molecule has 1 heterocycles. The second-order valence-corrected chi connectivity index (χ2v) is 2.66. The molecule has 0 unspecified atom stereocenters. The number of aliphatic hydroxyl groups excluding tert-OH is 1. The van der Waals surface area contributed by atoms with E-state index in [-0.39, 0.29) is 12.1 Å². The molecule has 10 heavy (non-hydrogen) atoms. The second-order valence-electron chi connectivity index (χ2n) is 2.66. The van der Waals surface area contributed by atoms with E-state index in [1.807, 2.05) is 0 Å². The van der Waals surface area contributed by atoms with Gasteiger partial charge in [-0.15, -0.1) is 0 Å². The Morgan fingerprint density at radius 2 is 2.50 bits per heavy atom. The van der Waals surface area contributed by atoms with Crippen LogP contribution >= 0.6 is 0 Å². The van der Waals surface area contributed by atoms with Crippen molar-refractivity contribution in [2.45, 2.75) is 38.4 Å². The minimum atomic E-state index is -0.524. The van der Waals surface area contributed by atoms with Gasteiger partial charge in [0.15, 0.2) is 0 Å². The zero-order chi connectivity index (χ0) is 7.56. The predicted octanol–water partition coefficient (Wildman–Crippen LogP) is 0.463. The molecule has 0 amide bonds. The molecule has 0 radical (unpaired) electrons. The molecule has 1 N–H and O–H groups in total. The van der Waals surface area contributed by atoms with Gasteiger partial charge in [0.1, 0.15) is 6.10 Å². The summed E-state index contributed by atoms with van der Waals surface area (Å²) in [5.74, 6) is -0.183. The molecule has 0 aliphatic carbocycles. The summed E-state index contributed by atoms with van der Waals surface area (Å²) >= 11 is 0. The van der Waals surface area contributed by atoms with Gasteiger partial charge in [-0.2, -0.15) is 0 Å². The first-order valence-corrected chi connectivity index (χ1v) is 3.57. The molecule has 0 saturated carbocycles. The van der Waals surface area contributed by atoms with Crippen molar-refractivity contribution < 1.29 is 14.6 Å². The van der Waals surface area contributed by atoms with Crippen LogP contribution in [0.3, 0.4) is 0 Å². The fourth-order valence-corrected chi connectivity index (χ4v) is 1.07. The van der Waals surface area contributed by atoms with Crippen molar-refractivity contribution in [3.63, 3.8) is 0 Å². The Morgan fingerprint density at radius 1 is 1.80 bits per heavy atom. The monoisotopic (exact) mass is 144 g/mol. The fourth-order valence-electron chi connectivity index (χ4n) is 1.07. The molecule has 0 aromatic heterocycles. The molecule has 1 rings (SSSR count). The van der Waals surface area contributed by atoms with Gasteiger partial charge in [0.2, 0.25) is 0 Å². The highest BCUT2D eigenvalue weighted by Gasteiger charge is 2.23. The van der Waals surface area contributed by atoms with E-state index in [1.54, 1.807) is 6.92 Å². The maximum atomic E-state index is 10.6. The lowest BCUT2D eigenvalue weighted by atomic mass is 10.1. The quantitative estimate of drug-likeness (QED) is 0.544. The van der Waals surface area contributed by atoms with Crippen LogP contribution in [0.15, 0.2) is 0 Å². The number of ether oxygens (including phenoxy) is 1. The summed E-state index contributed by atoms with van der Waals surface area (Å²) in [7, 11) is 0. The molecule has 1 fully saturated rings. The van der Waals surface area contributed by atoms with Crippen molar-refractivity contribution in [1.29, 1.82) is 0 Å². The first kappa shape index (κ1) is 7.54. The normalized spacial score (nSPS) is 29.4. The van der Waals surface area contributed by atoms with Gasteiger partial charge >= 0.3 is 5.97 Å². The first-order valence-electron chi connectivity index (χ1n) is 3.57. The summed E-state index contributed by atoms with van der Waals surface area (Å²) in [5.41, 5.74) is 0. The maximum Gasteiger partial charge on any atom is 0.306 e. The summed E-state index contributed by atoms with van der Waals surface area (Å²) in [4.78, 5) is 10.6. The average molecular weight is 144 g/mol. The Morgan fingerprint density at radius 3 is 2.90 bits per heavy atom. The van der Waals surface area contributed by atoms with E-state index < -0.39 is 6.10 Å². The van der Waals surface area contributed by atoms with Gasteiger partial charge < -0.3 is 9.84 Å². The van der Waals surface area contributed by atoms with E-state index in [0.29, 0.717) is 6.42 Å². The third-order valence-corrected chi connectivity index (χ3v) is 1.69. The fraction of sp³-hybridized carbons (Fsp3) is 0.857. The van der Waals surface area contributed by atoms with Crippen molar-refractivity contribution in [2.75, 3.05) is 0 Å². The Balaban J connectivity index is 2.39. The van der Waals surface area contributed by atoms with Gasteiger partial charge in [-0.05, 0) is 19.8 Å². The van der Waals surface area contributed by atoms with Crippen LogP contribution in [0, 0.1) is 0 Å².